The van der Waals surface area contributed by atoms with Crippen molar-refractivity contribution in [1.82, 2.24) is 10.1 Å². The van der Waals surface area contributed by atoms with Crippen LogP contribution in [0.2, 0.25) is 0 Å². The quantitative estimate of drug-likeness (QED) is 0.709. The first-order chi connectivity index (χ1) is 13.1. The first-order valence-corrected chi connectivity index (χ1v) is 9.82. The summed E-state index contributed by atoms with van der Waals surface area (Å²) in [7, 11) is -3.77. The number of halogens is 3. The van der Waals surface area contributed by atoms with Gasteiger partial charge in [-0.25, -0.2) is 13.6 Å². The van der Waals surface area contributed by atoms with Gasteiger partial charge in [-0.05, 0) is 36.1 Å². The predicted molar refractivity (Wildman–Crippen MR) is 92.7 cm³/mol. The van der Waals surface area contributed by atoms with E-state index in [0.29, 0.717) is 6.42 Å². The molecular weight excluding hydrogens is 395 g/mol. The van der Waals surface area contributed by atoms with Gasteiger partial charge in [-0.2, -0.15) is 18.2 Å². The molecule has 0 aliphatic heterocycles. The fourth-order valence-corrected chi connectivity index (χ4v) is 3.68. The molecule has 1 aliphatic rings. The van der Waals surface area contributed by atoms with Crippen molar-refractivity contribution < 1.29 is 26.1 Å². The van der Waals surface area contributed by atoms with E-state index in [1.54, 1.807) is 12.1 Å². The number of hydrogen-bond donors (Lipinski definition) is 1. The molecule has 2 aromatic carbocycles. The van der Waals surface area contributed by atoms with E-state index in [1.165, 1.54) is 30.3 Å². The Kier molecular flexibility index (Phi) is 4.27. The van der Waals surface area contributed by atoms with Crippen molar-refractivity contribution in [3.05, 3.63) is 65.5 Å². The van der Waals surface area contributed by atoms with Gasteiger partial charge in [-0.3, -0.25) is 0 Å². The molecule has 10 heteroatoms. The maximum Gasteiger partial charge on any atom is 0.417 e. The Balaban J connectivity index is 1.56. The Morgan fingerprint density at radius 1 is 1.04 bits per heavy atom. The second-order valence-electron chi connectivity index (χ2n) is 6.56. The highest BCUT2D eigenvalue weighted by Crippen LogP contribution is 2.54. The van der Waals surface area contributed by atoms with E-state index in [9.17, 15) is 21.6 Å². The number of rotatable bonds is 4. The maximum atomic E-state index is 13.2. The van der Waals surface area contributed by atoms with Gasteiger partial charge in [-0.15, -0.1) is 0 Å². The van der Waals surface area contributed by atoms with Crippen molar-refractivity contribution in [3.63, 3.8) is 0 Å². The molecule has 0 bridgehead atoms. The summed E-state index contributed by atoms with van der Waals surface area (Å²) in [4.78, 5) is 4.17. The van der Waals surface area contributed by atoms with Gasteiger partial charge < -0.3 is 4.52 Å². The molecule has 1 aromatic heterocycles. The predicted octanol–water partition coefficient (Wildman–Crippen LogP) is 3.67. The van der Waals surface area contributed by atoms with E-state index in [0.717, 1.165) is 11.6 Å². The topological polar surface area (TPSA) is 99.1 Å². The minimum absolute atomic E-state index is 0.0114. The van der Waals surface area contributed by atoms with Crippen LogP contribution in [0.4, 0.5) is 13.2 Å². The Morgan fingerprint density at radius 3 is 2.36 bits per heavy atom. The summed E-state index contributed by atoms with van der Waals surface area (Å²) >= 11 is 0. The third-order valence-electron chi connectivity index (χ3n) is 4.66. The average Bonchev–Trinajstić information content (AvgIpc) is 3.29. The Morgan fingerprint density at radius 2 is 1.71 bits per heavy atom. The first-order valence-electron chi connectivity index (χ1n) is 8.27. The van der Waals surface area contributed by atoms with Gasteiger partial charge in [0, 0.05) is 11.5 Å². The van der Waals surface area contributed by atoms with Crippen molar-refractivity contribution in [3.8, 4) is 11.4 Å². The van der Waals surface area contributed by atoms with Gasteiger partial charge in [-0.1, -0.05) is 35.5 Å². The van der Waals surface area contributed by atoms with Crippen molar-refractivity contribution in [2.24, 2.45) is 5.14 Å². The second kappa shape index (κ2) is 6.42. The molecular formula is C18H14F3N3O3S. The van der Waals surface area contributed by atoms with Gasteiger partial charge in [0.05, 0.1) is 10.5 Å². The van der Waals surface area contributed by atoms with Crippen LogP contribution in [0.1, 0.15) is 35.3 Å². The van der Waals surface area contributed by atoms with Gasteiger partial charge in [0.25, 0.3) is 0 Å². The van der Waals surface area contributed by atoms with Crippen LogP contribution in [0.15, 0.2) is 57.9 Å². The van der Waals surface area contributed by atoms with E-state index in [1.807, 2.05) is 0 Å². The lowest BCUT2D eigenvalue weighted by Crippen LogP contribution is -2.11. The number of aromatic nitrogens is 2. The Bertz CT molecular complexity index is 1120. The molecule has 0 amide bonds. The average molecular weight is 409 g/mol. The number of benzene rings is 2. The minimum atomic E-state index is -4.52. The highest BCUT2D eigenvalue weighted by Gasteiger charge is 2.44. The monoisotopic (exact) mass is 409 g/mol. The third kappa shape index (κ3) is 3.52. The minimum Gasteiger partial charge on any atom is -0.339 e. The fourth-order valence-electron chi connectivity index (χ4n) is 3.16. The summed E-state index contributed by atoms with van der Waals surface area (Å²) in [5.74, 6) is 0.0472. The smallest absolute Gasteiger partial charge is 0.339 e. The number of hydrogen-bond acceptors (Lipinski definition) is 5. The zero-order chi connectivity index (χ0) is 20.1. The van der Waals surface area contributed by atoms with E-state index in [-0.39, 0.29) is 34.0 Å². The van der Waals surface area contributed by atoms with Crippen molar-refractivity contribution >= 4 is 10.0 Å². The number of nitrogens with two attached hydrogens (primary N) is 1. The molecule has 4 rings (SSSR count). The lowest BCUT2D eigenvalue weighted by molar-refractivity contribution is -0.137. The fraction of sp³-hybridized carbons (Fsp3) is 0.222. The zero-order valence-electron chi connectivity index (χ0n) is 14.2. The van der Waals surface area contributed by atoms with Crippen molar-refractivity contribution in [1.29, 1.82) is 0 Å². The molecule has 3 aromatic rings. The number of alkyl halides is 3. The summed E-state index contributed by atoms with van der Waals surface area (Å²) in [6, 6.07) is 11.2. The molecule has 1 fully saturated rings. The molecule has 2 atom stereocenters. The molecule has 1 saturated carbocycles. The summed E-state index contributed by atoms with van der Waals surface area (Å²) in [6.45, 7) is 0. The van der Waals surface area contributed by atoms with Crippen molar-refractivity contribution in [2.75, 3.05) is 0 Å². The summed E-state index contributed by atoms with van der Waals surface area (Å²) in [5.41, 5.74) is -0.0965. The number of primary sulfonamides is 1. The SMILES string of the molecule is NS(=O)(=O)c1ccc([C@@H]2C[C@H]2c2nc(-c3ccccc3C(F)(F)F)no2)cc1. The van der Waals surface area contributed by atoms with Gasteiger partial charge in [0.2, 0.25) is 21.7 Å². The van der Waals surface area contributed by atoms with Crippen LogP contribution in [0.5, 0.6) is 0 Å². The highest BCUT2D eigenvalue weighted by atomic mass is 32.2. The summed E-state index contributed by atoms with van der Waals surface area (Å²) in [5, 5.41) is 8.79. The van der Waals surface area contributed by atoms with Crippen LogP contribution >= 0.6 is 0 Å². The molecule has 146 valence electrons. The van der Waals surface area contributed by atoms with E-state index in [4.69, 9.17) is 9.66 Å². The third-order valence-corrected chi connectivity index (χ3v) is 5.59. The zero-order valence-corrected chi connectivity index (χ0v) is 15.0. The molecule has 0 spiro atoms. The maximum absolute atomic E-state index is 13.2. The largest absolute Gasteiger partial charge is 0.417 e. The molecule has 2 N–H and O–H groups in total. The number of sulfonamides is 1. The second-order valence-corrected chi connectivity index (χ2v) is 8.12. The normalized spacial score (nSPS) is 19.6. The Hall–Kier alpha value is -2.72. The van der Waals surface area contributed by atoms with E-state index < -0.39 is 21.8 Å². The lowest BCUT2D eigenvalue weighted by Gasteiger charge is -2.09. The van der Waals surface area contributed by atoms with Crippen LogP contribution in [-0.4, -0.2) is 18.6 Å². The number of nitrogens with zero attached hydrogens (tertiary/aromatic N) is 2. The van der Waals surface area contributed by atoms with Crippen molar-refractivity contribution in [2.45, 2.75) is 29.3 Å². The van der Waals surface area contributed by atoms with Gasteiger partial charge in [0.1, 0.15) is 0 Å². The molecule has 28 heavy (non-hydrogen) atoms. The molecule has 1 aliphatic carbocycles. The van der Waals surface area contributed by atoms with Crippen LogP contribution in [-0.2, 0) is 16.2 Å². The van der Waals surface area contributed by atoms with Gasteiger partial charge >= 0.3 is 6.18 Å². The molecule has 0 saturated heterocycles. The van der Waals surface area contributed by atoms with E-state index >= 15 is 0 Å². The molecule has 6 nitrogen and oxygen atoms in total. The van der Waals surface area contributed by atoms with E-state index in [2.05, 4.69) is 10.1 Å². The lowest BCUT2D eigenvalue weighted by atomic mass is 10.1. The highest BCUT2D eigenvalue weighted by molar-refractivity contribution is 7.89. The Labute approximate surface area is 158 Å². The molecule has 1 heterocycles. The van der Waals surface area contributed by atoms with Gasteiger partial charge in [0.15, 0.2) is 0 Å². The molecule has 0 radical (unpaired) electrons. The first kappa shape index (κ1) is 18.6. The van der Waals surface area contributed by atoms with Crippen LogP contribution in [0, 0.1) is 0 Å². The summed E-state index contributed by atoms with van der Waals surface area (Å²) < 4.78 is 67.3. The molecule has 0 unspecified atom stereocenters. The van der Waals surface area contributed by atoms with Crippen LogP contribution < -0.4 is 5.14 Å². The van der Waals surface area contributed by atoms with Crippen LogP contribution in [0.3, 0.4) is 0 Å². The standard InChI is InChI=1S/C18H14F3N3O3S/c19-18(20,21)15-4-2-1-3-12(15)16-23-17(27-24-16)14-9-13(14)10-5-7-11(8-6-10)28(22,25)26/h1-8,13-14H,9H2,(H2,22,25,26)/t13-,14+/m0/s1. The summed E-state index contributed by atoms with van der Waals surface area (Å²) in [6.07, 6.45) is -3.85. The van der Waals surface area contributed by atoms with Crippen LogP contribution in [0.25, 0.3) is 11.4 Å².